The fourth-order valence-electron chi connectivity index (χ4n) is 2.41. The molecule has 28 heavy (non-hydrogen) atoms. The Labute approximate surface area is 164 Å². The van der Waals surface area contributed by atoms with E-state index in [0.29, 0.717) is 0 Å². The summed E-state index contributed by atoms with van der Waals surface area (Å²) in [7, 11) is -3.46. The third kappa shape index (κ3) is 5.69. The average Bonchev–Trinajstić information content (AvgIpc) is 2.53. The first kappa shape index (κ1) is 22.2. The zero-order valence-electron chi connectivity index (χ0n) is 15.1. The maximum absolute atomic E-state index is 12.9. The third-order valence-corrected chi connectivity index (χ3v) is 4.81. The van der Waals surface area contributed by atoms with E-state index in [9.17, 15) is 26.4 Å². The molecule has 0 amide bonds. The first-order valence-corrected chi connectivity index (χ1v) is 10.1. The van der Waals surface area contributed by atoms with Crippen LogP contribution in [0.5, 0.6) is 0 Å². The SMILES string of the molecule is CC(C)(CNc1cnn(-c2cccc(C(F)(F)F)c2)c(=O)c1Cl)NS(C)(=O)=O. The lowest BCUT2D eigenvalue weighted by Gasteiger charge is -2.26. The number of hydrogen-bond donors (Lipinski definition) is 2. The summed E-state index contributed by atoms with van der Waals surface area (Å²) >= 11 is 6.04. The topological polar surface area (TPSA) is 93.1 Å². The van der Waals surface area contributed by atoms with E-state index in [4.69, 9.17) is 11.6 Å². The predicted octanol–water partition coefficient (Wildman–Crippen LogP) is 2.64. The summed E-state index contributed by atoms with van der Waals surface area (Å²) < 4.78 is 64.5. The van der Waals surface area contributed by atoms with Crippen molar-refractivity contribution in [3.05, 3.63) is 51.4 Å². The minimum absolute atomic E-state index is 0.0779. The predicted molar refractivity (Wildman–Crippen MR) is 100 cm³/mol. The van der Waals surface area contributed by atoms with E-state index >= 15 is 0 Å². The van der Waals surface area contributed by atoms with Gasteiger partial charge in [-0.2, -0.15) is 23.0 Å². The molecule has 1 heterocycles. The van der Waals surface area contributed by atoms with E-state index in [-0.39, 0.29) is 22.9 Å². The number of aromatic nitrogens is 2. The summed E-state index contributed by atoms with van der Waals surface area (Å²) in [5, 5.41) is 6.39. The molecule has 12 heteroatoms. The maximum Gasteiger partial charge on any atom is 0.416 e. The second-order valence-electron chi connectivity index (χ2n) is 6.75. The lowest BCUT2D eigenvalue weighted by molar-refractivity contribution is -0.137. The number of sulfonamides is 1. The molecule has 2 aromatic rings. The molecule has 0 saturated carbocycles. The van der Waals surface area contributed by atoms with Crippen molar-refractivity contribution in [1.82, 2.24) is 14.5 Å². The second kappa shape index (κ2) is 7.72. The van der Waals surface area contributed by atoms with Gasteiger partial charge in [-0.05, 0) is 32.0 Å². The van der Waals surface area contributed by atoms with E-state index in [0.717, 1.165) is 29.1 Å². The number of rotatable bonds is 6. The number of anilines is 1. The van der Waals surface area contributed by atoms with Gasteiger partial charge in [0, 0.05) is 12.1 Å². The van der Waals surface area contributed by atoms with Crippen molar-refractivity contribution in [2.45, 2.75) is 25.6 Å². The van der Waals surface area contributed by atoms with Crippen molar-refractivity contribution in [1.29, 1.82) is 0 Å². The van der Waals surface area contributed by atoms with Crippen LogP contribution in [0.1, 0.15) is 19.4 Å². The lowest BCUT2D eigenvalue weighted by atomic mass is 10.1. The molecule has 0 aliphatic heterocycles. The number of halogens is 4. The number of benzene rings is 1. The first-order valence-electron chi connectivity index (χ1n) is 7.88. The minimum Gasteiger partial charge on any atom is -0.381 e. The van der Waals surface area contributed by atoms with Crippen molar-refractivity contribution in [3.8, 4) is 5.69 Å². The highest BCUT2D eigenvalue weighted by atomic mass is 35.5. The zero-order valence-corrected chi connectivity index (χ0v) is 16.7. The van der Waals surface area contributed by atoms with Gasteiger partial charge in [0.25, 0.3) is 5.56 Å². The Hall–Kier alpha value is -2.11. The van der Waals surface area contributed by atoms with Crippen LogP contribution < -0.4 is 15.6 Å². The zero-order chi connectivity index (χ0) is 21.3. The molecule has 1 aromatic heterocycles. The molecule has 2 rings (SSSR count). The first-order chi connectivity index (χ1) is 12.7. The minimum atomic E-state index is -4.57. The third-order valence-electron chi connectivity index (χ3n) is 3.52. The Bertz CT molecular complexity index is 1040. The number of hydrogen-bond acceptors (Lipinski definition) is 5. The Morgan fingerprint density at radius 3 is 2.46 bits per heavy atom. The number of nitrogens with one attached hydrogen (secondary N) is 2. The molecule has 0 bridgehead atoms. The summed E-state index contributed by atoms with van der Waals surface area (Å²) in [5.41, 5.74) is -2.61. The molecule has 2 N–H and O–H groups in total. The molecule has 0 saturated heterocycles. The van der Waals surface area contributed by atoms with Crippen LogP contribution in [0, 0.1) is 0 Å². The van der Waals surface area contributed by atoms with Crippen LogP contribution in [0.15, 0.2) is 35.3 Å². The molecular formula is C16H18ClF3N4O3S. The smallest absolute Gasteiger partial charge is 0.381 e. The molecule has 0 radical (unpaired) electrons. The van der Waals surface area contributed by atoms with E-state index in [1.165, 1.54) is 12.3 Å². The van der Waals surface area contributed by atoms with Gasteiger partial charge in [-0.15, -0.1) is 0 Å². The van der Waals surface area contributed by atoms with Gasteiger partial charge in [-0.25, -0.2) is 13.1 Å². The molecule has 154 valence electrons. The summed E-state index contributed by atoms with van der Waals surface area (Å²) in [6.07, 6.45) is -2.37. The molecule has 0 atom stereocenters. The summed E-state index contributed by atoms with van der Waals surface area (Å²) in [6, 6.07) is 4.12. The van der Waals surface area contributed by atoms with Gasteiger partial charge in [0.05, 0.1) is 29.4 Å². The van der Waals surface area contributed by atoms with E-state index < -0.39 is 32.9 Å². The van der Waals surface area contributed by atoms with Gasteiger partial charge < -0.3 is 5.32 Å². The summed E-state index contributed by atoms with van der Waals surface area (Å²) in [6.45, 7) is 3.31. The second-order valence-corrected chi connectivity index (χ2v) is 8.88. The van der Waals surface area contributed by atoms with Crippen molar-refractivity contribution >= 4 is 27.3 Å². The van der Waals surface area contributed by atoms with Gasteiger partial charge in [0.2, 0.25) is 10.0 Å². The molecular weight excluding hydrogens is 421 g/mol. The van der Waals surface area contributed by atoms with Crippen LogP contribution in [0.25, 0.3) is 5.69 Å². The maximum atomic E-state index is 12.9. The standard InChI is InChI=1S/C16H18ClF3N4O3S/c1-15(2,23-28(3,26)27)9-21-12-8-22-24(14(25)13(12)17)11-6-4-5-10(7-11)16(18,19)20/h4-8,21,23H,9H2,1-3H3. The monoisotopic (exact) mass is 438 g/mol. The molecule has 0 aliphatic carbocycles. The summed E-state index contributed by atoms with van der Waals surface area (Å²) in [4.78, 5) is 12.4. The lowest BCUT2D eigenvalue weighted by Crippen LogP contribution is -2.47. The van der Waals surface area contributed by atoms with E-state index in [2.05, 4.69) is 15.1 Å². The Morgan fingerprint density at radius 2 is 1.89 bits per heavy atom. The van der Waals surface area contributed by atoms with Crippen LogP contribution in [-0.4, -0.2) is 36.5 Å². The van der Waals surface area contributed by atoms with Gasteiger partial charge >= 0.3 is 6.18 Å². The molecule has 0 spiro atoms. The normalized spacial score (nSPS) is 12.8. The van der Waals surface area contributed by atoms with Crippen molar-refractivity contribution in [3.63, 3.8) is 0 Å². The van der Waals surface area contributed by atoms with Crippen LogP contribution in [0.4, 0.5) is 18.9 Å². The molecule has 7 nitrogen and oxygen atoms in total. The van der Waals surface area contributed by atoms with Crippen LogP contribution in [0.3, 0.4) is 0 Å². The van der Waals surface area contributed by atoms with E-state index in [1.54, 1.807) is 13.8 Å². The van der Waals surface area contributed by atoms with Gasteiger partial charge in [-0.3, -0.25) is 4.79 Å². The van der Waals surface area contributed by atoms with Crippen molar-refractivity contribution in [2.75, 3.05) is 18.1 Å². The van der Waals surface area contributed by atoms with Crippen molar-refractivity contribution in [2.24, 2.45) is 0 Å². The van der Waals surface area contributed by atoms with E-state index in [1.807, 2.05) is 0 Å². The Kier molecular flexibility index (Phi) is 6.12. The van der Waals surface area contributed by atoms with Gasteiger partial charge in [0.15, 0.2) is 0 Å². The highest BCUT2D eigenvalue weighted by Crippen LogP contribution is 2.30. The fourth-order valence-corrected chi connectivity index (χ4v) is 3.68. The molecule has 1 aromatic carbocycles. The Balaban J connectivity index is 2.30. The molecule has 0 unspecified atom stereocenters. The molecule has 0 aliphatic rings. The van der Waals surface area contributed by atoms with Crippen LogP contribution >= 0.6 is 11.6 Å². The average molecular weight is 439 g/mol. The summed E-state index contributed by atoms with van der Waals surface area (Å²) in [5.74, 6) is 0. The van der Waals surface area contributed by atoms with Crippen LogP contribution in [0.2, 0.25) is 5.02 Å². The van der Waals surface area contributed by atoms with Crippen LogP contribution in [-0.2, 0) is 16.2 Å². The number of nitrogens with zero attached hydrogens (tertiary/aromatic N) is 2. The highest BCUT2D eigenvalue weighted by molar-refractivity contribution is 7.88. The van der Waals surface area contributed by atoms with Gasteiger partial charge in [0.1, 0.15) is 5.02 Å². The quantitative estimate of drug-likeness (QED) is 0.723. The van der Waals surface area contributed by atoms with Gasteiger partial charge in [-0.1, -0.05) is 17.7 Å². The number of alkyl halides is 3. The fraction of sp³-hybridized carbons (Fsp3) is 0.375. The largest absolute Gasteiger partial charge is 0.416 e. The van der Waals surface area contributed by atoms with Crippen molar-refractivity contribution < 1.29 is 21.6 Å². The molecule has 0 fully saturated rings. The highest BCUT2D eigenvalue weighted by Gasteiger charge is 2.30. The Morgan fingerprint density at radius 1 is 1.25 bits per heavy atom.